The summed E-state index contributed by atoms with van der Waals surface area (Å²) in [5.74, 6) is 0. The van der Waals surface area contributed by atoms with Gasteiger partial charge in [-0.15, -0.1) is 0 Å². The highest BCUT2D eigenvalue weighted by molar-refractivity contribution is 6.26. The Morgan fingerprint density at radius 2 is 0.821 bits per heavy atom. The van der Waals surface area contributed by atoms with Crippen LogP contribution in [0.4, 0.5) is 0 Å². The van der Waals surface area contributed by atoms with Crippen molar-refractivity contribution in [3.8, 4) is 44.5 Å². The Labute approximate surface area is 322 Å². The Hall–Kier alpha value is -7.42. The van der Waals surface area contributed by atoms with E-state index in [1.807, 2.05) is 24.3 Å². The predicted molar refractivity (Wildman–Crippen MR) is 235 cm³/mol. The summed E-state index contributed by atoms with van der Waals surface area (Å²) in [5, 5.41) is 11.7. The normalized spacial score (nSPS) is 11.9. The lowest BCUT2D eigenvalue weighted by molar-refractivity contribution is 0.663. The highest BCUT2D eigenvalue weighted by Crippen LogP contribution is 2.47. The molecule has 0 N–H and O–H groups in total. The van der Waals surface area contributed by atoms with Gasteiger partial charge in [0.15, 0.2) is 0 Å². The van der Waals surface area contributed by atoms with Crippen LogP contribution in [0.5, 0.6) is 0 Å². The smallest absolute Gasteiger partial charge is 0.147 e. The number of para-hydroxylation sites is 2. The summed E-state index contributed by atoms with van der Waals surface area (Å²) in [7, 11) is 0. The van der Waals surface area contributed by atoms with Gasteiger partial charge in [0.2, 0.25) is 0 Å². The van der Waals surface area contributed by atoms with Crippen LogP contribution in [0.3, 0.4) is 0 Å². The van der Waals surface area contributed by atoms with E-state index in [9.17, 15) is 0 Å². The maximum absolute atomic E-state index is 6.63. The standard InChI is InChI=1S/C54H32O2/c1-2-13-33(14-3-1)36-29-30-38-37(31-36)15-12-22-40(38)51-43-19-6-4-17-41(43)50(42-18-5-7-20-44(42)51)35-27-25-34(26-28-35)46-32-47-39-16-8-10-23-48(39)55-54(47)52-45-21-9-11-24-49(45)56-53(46)52/h1-32H. The molecule has 0 fully saturated rings. The Balaban J connectivity index is 1.06. The lowest BCUT2D eigenvalue weighted by Crippen LogP contribution is -1.92. The zero-order valence-electron chi connectivity index (χ0n) is 30.3. The third kappa shape index (κ3) is 4.57. The van der Waals surface area contributed by atoms with Crippen LogP contribution in [0.15, 0.2) is 203 Å². The Morgan fingerprint density at radius 1 is 0.268 bits per heavy atom. The number of rotatable bonds is 4. The zero-order valence-corrected chi connectivity index (χ0v) is 30.3. The van der Waals surface area contributed by atoms with Gasteiger partial charge >= 0.3 is 0 Å². The molecule has 2 heterocycles. The van der Waals surface area contributed by atoms with Crippen molar-refractivity contribution in [1.82, 2.24) is 0 Å². The van der Waals surface area contributed by atoms with E-state index in [1.54, 1.807) is 0 Å². The van der Waals surface area contributed by atoms with Crippen molar-refractivity contribution >= 4 is 76.2 Å². The lowest BCUT2D eigenvalue weighted by atomic mass is 9.84. The third-order valence-electron chi connectivity index (χ3n) is 11.7. The first kappa shape index (κ1) is 31.0. The molecule has 0 saturated heterocycles. The SMILES string of the molecule is c1ccc(-c2ccc3c(-c4c5ccccc5c(-c5ccc(-c6cc7c8ccccc8oc7c7c6oc6ccccc67)cc5)c5ccccc45)cccc3c2)cc1. The van der Waals surface area contributed by atoms with E-state index in [-0.39, 0.29) is 0 Å². The molecule has 56 heavy (non-hydrogen) atoms. The van der Waals surface area contributed by atoms with Crippen LogP contribution in [0, 0.1) is 0 Å². The molecule has 0 aliphatic heterocycles. The molecule has 0 bridgehead atoms. The van der Waals surface area contributed by atoms with Gasteiger partial charge in [-0.3, -0.25) is 0 Å². The minimum Gasteiger partial charge on any atom is -0.455 e. The zero-order chi connectivity index (χ0) is 36.7. The fourth-order valence-electron chi connectivity index (χ4n) is 9.14. The summed E-state index contributed by atoms with van der Waals surface area (Å²) in [6.45, 7) is 0. The average Bonchev–Trinajstić information content (AvgIpc) is 3.84. The molecule has 2 nitrogen and oxygen atoms in total. The van der Waals surface area contributed by atoms with Crippen molar-refractivity contribution in [2.75, 3.05) is 0 Å². The van der Waals surface area contributed by atoms with Crippen molar-refractivity contribution in [3.05, 3.63) is 194 Å². The van der Waals surface area contributed by atoms with Gasteiger partial charge in [0.1, 0.15) is 22.3 Å². The predicted octanol–water partition coefficient (Wildman–Crippen LogP) is 15.6. The van der Waals surface area contributed by atoms with Crippen LogP contribution >= 0.6 is 0 Å². The van der Waals surface area contributed by atoms with Crippen LogP contribution in [-0.2, 0) is 0 Å². The number of hydrogen-bond acceptors (Lipinski definition) is 2. The highest BCUT2D eigenvalue weighted by atomic mass is 16.3. The maximum atomic E-state index is 6.63. The topological polar surface area (TPSA) is 26.3 Å². The van der Waals surface area contributed by atoms with Crippen molar-refractivity contribution in [3.63, 3.8) is 0 Å². The highest BCUT2D eigenvalue weighted by Gasteiger charge is 2.22. The molecule has 2 aromatic heterocycles. The van der Waals surface area contributed by atoms with Crippen molar-refractivity contribution < 1.29 is 8.83 Å². The van der Waals surface area contributed by atoms with Crippen LogP contribution in [-0.4, -0.2) is 0 Å². The monoisotopic (exact) mass is 712 g/mol. The molecule has 12 rings (SSSR count). The van der Waals surface area contributed by atoms with E-state index < -0.39 is 0 Å². The Kier molecular flexibility index (Phi) is 6.66. The first-order valence-electron chi connectivity index (χ1n) is 19.2. The molecule has 0 atom stereocenters. The Morgan fingerprint density at radius 3 is 1.54 bits per heavy atom. The second-order valence-electron chi connectivity index (χ2n) is 14.7. The Bertz CT molecular complexity index is 3450. The summed E-state index contributed by atoms with van der Waals surface area (Å²) < 4.78 is 13.1. The first-order valence-corrected chi connectivity index (χ1v) is 19.2. The maximum Gasteiger partial charge on any atom is 0.147 e. The summed E-state index contributed by atoms with van der Waals surface area (Å²) in [6, 6.07) is 69.8. The van der Waals surface area contributed by atoms with Crippen molar-refractivity contribution in [1.29, 1.82) is 0 Å². The molecular weight excluding hydrogens is 681 g/mol. The molecule has 0 aliphatic carbocycles. The summed E-state index contributed by atoms with van der Waals surface area (Å²) in [5.41, 5.74) is 13.0. The van der Waals surface area contributed by atoms with E-state index >= 15 is 0 Å². The summed E-state index contributed by atoms with van der Waals surface area (Å²) >= 11 is 0. The van der Waals surface area contributed by atoms with E-state index in [4.69, 9.17) is 8.83 Å². The van der Waals surface area contributed by atoms with Gasteiger partial charge in [-0.25, -0.2) is 0 Å². The van der Waals surface area contributed by atoms with Gasteiger partial charge in [0.25, 0.3) is 0 Å². The number of hydrogen-bond donors (Lipinski definition) is 0. The average molecular weight is 713 g/mol. The molecule has 0 spiro atoms. The summed E-state index contributed by atoms with van der Waals surface area (Å²) in [6.07, 6.45) is 0. The van der Waals surface area contributed by atoms with Crippen LogP contribution in [0.25, 0.3) is 121 Å². The second kappa shape index (κ2) is 12.0. The molecule has 0 unspecified atom stereocenters. The lowest BCUT2D eigenvalue weighted by Gasteiger charge is -2.19. The minimum absolute atomic E-state index is 0.844. The van der Waals surface area contributed by atoms with E-state index in [1.165, 1.54) is 65.7 Å². The molecule has 0 saturated carbocycles. The van der Waals surface area contributed by atoms with Gasteiger partial charge in [0, 0.05) is 21.7 Å². The van der Waals surface area contributed by atoms with Crippen LogP contribution < -0.4 is 0 Å². The van der Waals surface area contributed by atoms with Crippen LogP contribution in [0.1, 0.15) is 0 Å². The number of benzene rings is 10. The minimum atomic E-state index is 0.844. The van der Waals surface area contributed by atoms with Crippen molar-refractivity contribution in [2.24, 2.45) is 0 Å². The van der Waals surface area contributed by atoms with E-state index in [0.29, 0.717) is 0 Å². The number of furan rings is 2. The molecule has 2 heteroatoms. The second-order valence-corrected chi connectivity index (χ2v) is 14.7. The van der Waals surface area contributed by atoms with Gasteiger partial charge in [-0.2, -0.15) is 0 Å². The van der Waals surface area contributed by atoms with E-state index in [0.717, 1.165) is 55.0 Å². The fourth-order valence-corrected chi connectivity index (χ4v) is 9.14. The molecule has 0 amide bonds. The fraction of sp³-hybridized carbons (Fsp3) is 0. The number of fused-ring (bicyclic) bond motifs is 10. The molecule has 260 valence electrons. The molecule has 0 radical (unpaired) electrons. The summed E-state index contributed by atoms with van der Waals surface area (Å²) in [4.78, 5) is 0. The quantitative estimate of drug-likeness (QED) is 0.170. The van der Waals surface area contributed by atoms with Gasteiger partial charge in [0.05, 0.1) is 5.39 Å². The van der Waals surface area contributed by atoms with E-state index in [2.05, 4.69) is 170 Å². The molecular formula is C54H32O2. The molecule has 0 aliphatic rings. The van der Waals surface area contributed by atoms with Gasteiger partial charge in [-0.1, -0.05) is 170 Å². The van der Waals surface area contributed by atoms with Gasteiger partial charge < -0.3 is 8.83 Å². The van der Waals surface area contributed by atoms with Crippen LogP contribution in [0.2, 0.25) is 0 Å². The van der Waals surface area contributed by atoms with Gasteiger partial charge in [-0.05, 0) is 95.5 Å². The largest absolute Gasteiger partial charge is 0.455 e. The van der Waals surface area contributed by atoms with Crippen molar-refractivity contribution in [2.45, 2.75) is 0 Å². The molecule has 12 aromatic rings. The third-order valence-corrected chi connectivity index (χ3v) is 11.7. The first-order chi connectivity index (χ1) is 27.8. The molecule has 10 aromatic carbocycles.